The zero-order valence-corrected chi connectivity index (χ0v) is 16.8. The van der Waals surface area contributed by atoms with Crippen LogP contribution in [0.5, 0.6) is 0 Å². The van der Waals surface area contributed by atoms with Gasteiger partial charge in [-0.2, -0.15) is 0 Å². The number of carbonyl (C=O) groups is 1. The van der Waals surface area contributed by atoms with E-state index in [9.17, 15) is 4.79 Å². The van der Waals surface area contributed by atoms with E-state index < -0.39 is 0 Å². The van der Waals surface area contributed by atoms with Crippen molar-refractivity contribution in [3.63, 3.8) is 0 Å². The smallest absolute Gasteiger partial charge is 0.161 e. The quantitative estimate of drug-likeness (QED) is 0.505. The summed E-state index contributed by atoms with van der Waals surface area (Å²) in [6.45, 7) is 10.1. The van der Waals surface area contributed by atoms with Gasteiger partial charge in [0.25, 0.3) is 0 Å². The number of hydrogen-bond acceptors (Lipinski definition) is 4. The molecule has 1 saturated heterocycles. The number of halogens is 1. The molecule has 0 aliphatic carbocycles. The van der Waals surface area contributed by atoms with Gasteiger partial charge in [-0.3, -0.25) is 14.6 Å². The molecule has 0 spiro atoms. The lowest BCUT2D eigenvalue weighted by Gasteiger charge is -2.43. The van der Waals surface area contributed by atoms with Gasteiger partial charge in [0.2, 0.25) is 0 Å². The summed E-state index contributed by atoms with van der Waals surface area (Å²) in [6.07, 6.45) is 2.91. The van der Waals surface area contributed by atoms with Crippen LogP contribution in [0.4, 0.5) is 0 Å². The van der Waals surface area contributed by atoms with Crippen LogP contribution in [0.15, 0.2) is 53.5 Å². The van der Waals surface area contributed by atoms with E-state index in [-0.39, 0.29) is 6.04 Å². The molecule has 132 valence electrons. The SMILES string of the molecule is C=CCN1CCN(C(c2ccccc2)c2cc(Br)c(C=O)s2)[C@@H](C)C1. The van der Waals surface area contributed by atoms with Crippen molar-refractivity contribution < 1.29 is 4.79 Å². The Bertz CT molecular complexity index is 731. The number of nitrogens with zero attached hydrogens (tertiary/aromatic N) is 2. The normalized spacial score (nSPS) is 20.3. The van der Waals surface area contributed by atoms with Crippen molar-refractivity contribution >= 4 is 33.6 Å². The first-order chi connectivity index (χ1) is 12.1. The average Bonchev–Trinajstić information content (AvgIpc) is 2.99. The van der Waals surface area contributed by atoms with Gasteiger partial charge in [0.1, 0.15) is 0 Å². The van der Waals surface area contributed by atoms with Crippen molar-refractivity contribution in [1.82, 2.24) is 9.80 Å². The fourth-order valence-electron chi connectivity index (χ4n) is 3.55. The zero-order chi connectivity index (χ0) is 17.8. The first-order valence-corrected chi connectivity index (χ1v) is 10.1. The minimum absolute atomic E-state index is 0.178. The predicted molar refractivity (Wildman–Crippen MR) is 108 cm³/mol. The van der Waals surface area contributed by atoms with E-state index in [1.165, 1.54) is 10.4 Å². The molecule has 2 aromatic rings. The number of rotatable bonds is 6. The molecule has 1 aromatic heterocycles. The molecule has 1 aliphatic rings. The van der Waals surface area contributed by atoms with Crippen LogP contribution in [0.1, 0.15) is 33.1 Å². The summed E-state index contributed by atoms with van der Waals surface area (Å²) in [5, 5.41) is 0. The third-order valence-corrected chi connectivity index (χ3v) is 6.74. The number of thiophene rings is 1. The molecule has 0 amide bonds. The van der Waals surface area contributed by atoms with E-state index in [0.29, 0.717) is 6.04 Å². The number of carbonyl (C=O) groups excluding carboxylic acids is 1. The summed E-state index contributed by atoms with van der Waals surface area (Å²) in [5.41, 5.74) is 1.28. The topological polar surface area (TPSA) is 23.6 Å². The monoisotopic (exact) mass is 418 g/mol. The molecule has 1 unspecified atom stereocenters. The standard InChI is InChI=1S/C20H23BrN2OS/c1-3-9-22-10-11-23(15(2)13-22)20(16-7-5-4-6-8-16)18-12-17(21)19(14-24)25-18/h3-8,12,14-15,20H,1,9-11,13H2,2H3/t15-,20?/m0/s1. The van der Waals surface area contributed by atoms with Gasteiger partial charge in [-0.15, -0.1) is 17.9 Å². The Morgan fingerprint density at radius 2 is 2.12 bits per heavy atom. The van der Waals surface area contributed by atoms with Crippen LogP contribution < -0.4 is 0 Å². The van der Waals surface area contributed by atoms with E-state index in [2.05, 4.69) is 69.6 Å². The summed E-state index contributed by atoms with van der Waals surface area (Å²) in [5.74, 6) is 0. The van der Waals surface area contributed by atoms with Crippen molar-refractivity contribution in [3.05, 3.63) is 68.8 Å². The molecule has 0 radical (unpaired) electrons. The summed E-state index contributed by atoms with van der Waals surface area (Å²) in [7, 11) is 0. The van der Waals surface area contributed by atoms with Crippen LogP contribution >= 0.6 is 27.3 Å². The molecule has 0 N–H and O–H groups in total. The summed E-state index contributed by atoms with van der Waals surface area (Å²) in [6, 6.07) is 13.3. The van der Waals surface area contributed by atoms with Crippen LogP contribution in [-0.4, -0.2) is 48.3 Å². The highest BCUT2D eigenvalue weighted by Gasteiger charge is 2.32. The Morgan fingerprint density at radius 3 is 2.72 bits per heavy atom. The van der Waals surface area contributed by atoms with Crippen molar-refractivity contribution in [2.75, 3.05) is 26.2 Å². The van der Waals surface area contributed by atoms with E-state index in [1.54, 1.807) is 11.3 Å². The third kappa shape index (κ3) is 4.11. The van der Waals surface area contributed by atoms with Crippen LogP contribution in [-0.2, 0) is 0 Å². The minimum Gasteiger partial charge on any atom is -0.297 e. The van der Waals surface area contributed by atoms with Crippen LogP contribution in [0, 0.1) is 0 Å². The molecule has 1 aliphatic heterocycles. The maximum absolute atomic E-state index is 11.3. The van der Waals surface area contributed by atoms with Crippen molar-refractivity contribution in [2.24, 2.45) is 0 Å². The first kappa shape index (κ1) is 18.5. The molecule has 0 bridgehead atoms. The molecule has 0 saturated carbocycles. The largest absolute Gasteiger partial charge is 0.297 e. The molecule has 2 atom stereocenters. The van der Waals surface area contributed by atoms with Crippen LogP contribution in [0.3, 0.4) is 0 Å². The molecular formula is C20H23BrN2OS. The van der Waals surface area contributed by atoms with Gasteiger partial charge < -0.3 is 0 Å². The molecule has 25 heavy (non-hydrogen) atoms. The second-order valence-corrected chi connectivity index (χ2v) is 8.40. The van der Waals surface area contributed by atoms with Gasteiger partial charge in [-0.25, -0.2) is 0 Å². The van der Waals surface area contributed by atoms with Gasteiger partial charge in [-0.05, 0) is 34.5 Å². The van der Waals surface area contributed by atoms with Gasteiger partial charge in [0, 0.05) is 41.6 Å². The molecule has 1 aromatic carbocycles. The third-order valence-electron chi connectivity index (χ3n) is 4.71. The fourth-order valence-corrected chi connectivity index (χ4v) is 5.30. The Kier molecular flexibility index (Phi) is 6.23. The first-order valence-electron chi connectivity index (χ1n) is 8.52. The Labute approximate surface area is 162 Å². The van der Waals surface area contributed by atoms with Gasteiger partial charge in [0.15, 0.2) is 6.29 Å². The molecule has 2 heterocycles. The van der Waals surface area contributed by atoms with E-state index in [0.717, 1.165) is 41.8 Å². The summed E-state index contributed by atoms with van der Waals surface area (Å²) >= 11 is 5.11. The molecule has 5 heteroatoms. The fraction of sp³-hybridized carbons (Fsp3) is 0.350. The highest BCUT2D eigenvalue weighted by molar-refractivity contribution is 9.10. The molecular weight excluding hydrogens is 396 g/mol. The second kappa shape index (κ2) is 8.41. The van der Waals surface area contributed by atoms with Crippen LogP contribution in [0.25, 0.3) is 0 Å². The second-order valence-electron chi connectivity index (χ2n) is 6.43. The van der Waals surface area contributed by atoms with E-state index >= 15 is 0 Å². The lowest BCUT2D eigenvalue weighted by atomic mass is 10.00. The number of piperazine rings is 1. The van der Waals surface area contributed by atoms with Gasteiger partial charge in [-0.1, -0.05) is 36.4 Å². The van der Waals surface area contributed by atoms with Gasteiger partial charge >= 0.3 is 0 Å². The van der Waals surface area contributed by atoms with E-state index in [1.807, 2.05) is 12.1 Å². The highest BCUT2D eigenvalue weighted by Crippen LogP contribution is 2.38. The summed E-state index contributed by atoms with van der Waals surface area (Å²) in [4.78, 5) is 18.3. The molecule has 3 nitrogen and oxygen atoms in total. The summed E-state index contributed by atoms with van der Waals surface area (Å²) < 4.78 is 0.890. The Balaban J connectivity index is 1.94. The lowest BCUT2D eigenvalue weighted by molar-refractivity contribution is 0.0682. The van der Waals surface area contributed by atoms with Crippen molar-refractivity contribution in [1.29, 1.82) is 0 Å². The number of aldehydes is 1. The predicted octanol–water partition coefficient (Wildman–Crippen LogP) is 4.60. The Morgan fingerprint density at radius 1 is 1.36 bits per heavy atom. The van der Waals surface area contributed by atoms with Crippen molar-refractivity contribution in [3.8, 4) is 0 Å². The zero-order valence-electron chi connectivity index (χ0n) is 14.4. The van der Waals surface area contributed by atoms with E-state index in [4.69, 9.17) is 0 Å². The molecule has 1 fully saturated rings. The number of benzene rings is 1. The maximum atomic E-state index is 11.3. The van der Waals surface area contributed by atoms with Gasteiger partial charge in [0.05, 0.1) is 10.9 Å². The average molecular weight is 419 g/mol. The Hall–Kier alpha value is -1.27. The molecule has 3 rings (SSSR count). The van der Waals surface area contributed by atoms with Crippen LogP contribution in [0.2, 0.25) is 0 Å². The van der Waals surface area contributed by atoms with Crippen molar-refractivity contribution in [2.45, 2.75) is 19.0 Å². The number of hydrogen-bond donors (Lipinski definition) is 0. The maximum Gasteiger partial charge on any atom is 0.161 e. The highest BCUT2D eigenvalue weighted by atomic mass is 79.9. The lowest BCUT2D eigenvalue weighted by Crippen LogP contribution is -2.52. The minimum atomic E-state index is 0.178.